The molecule has 0 N–H and O–H groups in total. The minimum absolute atomic E-state index is 0.0718. The monoisotopic (exact) mass is 173 g/mol. The molecule has 0 saturated heterocycles. The first-order valence-corrected chi connectivity index (χ1v) is 3.30. The van der Waals surface area contributed by atoms with Crippen molar-refractivity contribution in [2.45, 2.75) is 6.92 Å². The van der Waals surface area contributed by atoms with Crippen LogP contribution in [0.5, 0.6) is 0 Å². The van der Waals surface area contributed by atoms with Crippen LogP contribution in [-0.4, -0.2) is 10.8 Å². The van der Waals surface area contributed by atoms with Crippen LogP contribution in [0, 0.1) is 5.82 Å². The maximum atomic E-state index is 12.9. The van der Waals surface area contributed by atoms with Crippen molar-refractivity contribution >= 4 is 17.4 Å². The maximum Gasteiger partial charge on any atom is 0.164 e. The number of aromatic nitrogens is 1. The van der Waals surface area contributed by atoms with Crippen LogP contribution in [0.1, 0.15) is 17.3 Å². The average molecular weight is 174 g/mol. The van der Waals surface area contributed by atoms with Gasteiger partial charge in [0.2, 0.25) is 0 Å². The summed E-state index contributed by atoms with van der Waals surface area (Å²) in [6.45, 7) is 1.26. The summed E-state index contributed by atoms with van der Waals surface area (Å²) in [6.07, 6.45) is 2.31. The van der Waals surface area contributed by atoms with Crippen LogP contribution in [0.3, 0.4) is 0 Å². The van der Waals surface area contributed by atoms with Crippen LogP contribution in [0.15, 0.2) is 12.4 Å². The molecule has 0 bridgehead atoms. The van der Waals surface area contributed by atoms with Crippen molar-refractivity contribution in [1.82, 2.24) is 4.98 Å². The fourth-order valence-electron chi connectivity index (χ4n) is 0.665. The number of hydrogen-bond donors (Lipinski definition) is 0. The normalized spacial score (nSPS) is 9.73. The quantitative estimate of drug-likeness (QED) is 0.609. The Morgan fingerprint density at radius 3 is 2.73 bits per heavy atom. The summed E-state index contributed by atoms with van der Waals surface area (Å²) in [5.74, 6) is -1.08. The molecule has 0 unspecified atom stereocenters. The van der Waals surface area contributed by atoms with Crippen LogP contribution >= 0.6 is 11.6 Å². The Morgan fingerprint density at radius 2 is 2.27 bits per heavy atom. The van der Waals surface area contributed by atoms with Gasteiger partial charge in [0.1, 0.15) is 0 Å². The van der Waals surface area contributed by atoms with Crippen molar-refractivity contribution in [3.05, 3.63) is 28.8 Å². The molecular formula is C7H5ClFNO. The Balaban J connectivity index is 3.27. The summed E-state index contributed by atoms with van der Waals surface area (Å²) >= 11 is 5.37. The van der Waals surface area contributed by atoms with Gasteiger partial charge in [-0.05, 0) is 6.92 Å². The molecule has 1 rings (SSSR count). The van der Waals surface area contributed by atoms with E-state index in [-0.39, 0.29) is 16.4 Å². The lowest BCUT2D eigenvalue weighted by Crippen LogP contribution is -1.98. The van der Waals surface area contributed by atoms with E-state index in [9.17, 15) is 9.18 Å². The van der Waals surface area contributed by atoms with Gasteiger partial charge in [0.25, 0.3) is 0 Å². The number of pyridine rings is 1. The van der Waals surface area contributed by atoms with E-state index in [0.717, 1.165) is 12.4 Å². The van der Waals surface area contributed by atoms with Gasteiger partial charge in [0.05, 0.1) is 10.6 Å². The fourth-order valence-corrected chi connectivity index (χ4v) is 0.823. The standard InChI is InChI=1S/C7H5ClFNO/c1-4(11)5-2-10-3-6(8)7(5)9/h2-3H,1H3. The molecule has 0 radical (unpaired) electrons. The summed E-state index contributed by atoms with van der Waals surface area (Å²) in [7, 11) is 0. The van der Waals surface area contributed by atoms with Gasteiger partial charge in [-0.15, -0.1) is 0 Å². The highest BCUT2D eigenvalue weighted by molar-refractivity contribution is 6.31. The minimum Gasteiger partial charge on any atom is -0.294 e. The van der Waals surface area contributed by atoms with Crippen LogP contribution < -0.4 is 0 Å². The topological polar surface area (TPSA) is 30.0 Å². The average Bonchev–Trinajstić information content (AvgIpc) is 1.94. The number of Topliss-reactive ketones (excluding diaryl/α,β-unsaturated/α-hetero) is 1. The molecule has 0 aliphatic heterocycles. The van der Waals surface area contributed by atoms with Gasteiger partial charge in [0, 0.05) is 12.4 Å². The molecule has 1 aromatic rings. The zero-order valence-corrected chi connectivity index (χ0v) is 6.52. The Hall–Kier alpha value is -0.960. The molecule has 11 heavy (non-hydrogen) atoms. The molecule has 0 spiro atoms. The smallest absolute Gasteiger partial charge is 0.164 e. The number of ketones is 1. The number of nitrogens with zero attached hydrogens (tertiary/aromatic N) is 1. The number of halogens is 2. The first-order valence-electron chi connectivity index (χ1n) is 2.93. The Labute approximate surface area is 68.0 Å². The van der Waals surface area contributed by atoms with E-state index in [1.807, 2.05) is 0 Å². The van der Waals surface area contributed by atoms with Crippen molar-refractivity contribution in [2.24, 2.45) is 0 Å². The number of carbonyl (C=O) groups excluding carboxylic acids is 1. The molecule has 0 fully saturated rings. The maximum absolute atomic E-state index is 12.9. The second-order valence-electron chi connectivity index (χ2n) is 2.04. The van der Waals surface area contributed by atoms with Gasteiger partial charge >= 0.3 is 0 Å². The van der Waals surface area contributed by atoms with Gasteiger partial charge in [-0.2, -0.15) is 0 Å². The molecule has 0 aliphatic rings. The van der Waals surface area contributed by atoms with Crippen molar-refractivity contribution in [2.75, 3.05) is 0 Å². The number of hydrogen-bond acceptors (Lipinski definition) is 2. The third-order valence-corrected chi connectivity index (χ3v) is 1.48. The van der Waals surface area contributed by atoms with E-state index in [2.05, 4.69) is 4.98 Å². The zero-order valence-electron chi connectivity index (χ0n) is 5.77. The summed E-state index contributed by atoms with van der Waals surface area (Å²) in [6, 6.07) is 0. The first kappa shape index (κ1) is 8.14. The third-order valence-electron chi connectivity index (χ3n) is 1.22. The molecule has 0 aliphatic carbocycles. The SMILES string of the molecule is CC(=O)c1cncc(Cl)c1F. The van der Waals surface area contributed by atoms with Crippen LogP contribution in [0.4, 0.5) is 4.39 Å². The molecule has 1 aromatic heterocycles. The highest BCUT2D eigenvalue weighted by atomic mass is 35.5. The van der Waals surface area contributed by atoms with Crippen molar-refractivity contribution in [1.29, 1.82) is 0 Å². The van der Waals surface area contributed by atoms with Gasteiger partial charge in [-0.25, -0.2) is 4.39 Å². The van der Waals surface area contributed by atoms with Gasteiger partial charge in [-0.3, -0.25) is 9.78 Å². The van der Waals surface area contributed by atoms with Gasteiger partial charge in [0.15, 0.2) is 11.6 Å². The summed E-state index contributed by atoms with van der Waals surface area (Å²) < 4.78 is 12.9. The summed E-state index contributed by atoms with van der Waals surface area (Å²) in [4.78, 5) is 14.3. The largest absolute Gasteiger partial charge is 0.294 e. The third kappa shape index (κ3) is 1.54. The molecule has 58 valence electrons. The number of rotatable bonds is 1. The van der Waals surface area contributed by atoms with Gasteiger partial charge < -0.3 is 0 Å². The molecule has 0 saturated carbocycles. The predicted octanol–water partition coefficient (Wildman–Crippen LogP) is 2.08. The second kappa shape index (κ2) is 2.96. The molecule has 4 heteroatoms. The van der Waals surface area contributed by atoms with Crippen LogP contribution in [0.25, 0.3) is 0 Å². The summed E-state index contributed by atoms with van der Waals surface area (Å²) in [5, 5.41) is -0.127. The molecular weight excluding hydrogens is 169 g/mol. The van der Waals surface area contributed by atoms with E-state index in [1.165, 1.54) is 6.92 Å². The second-order valence-corrected chi connectivity index (χ2v) is 2.45. The molecule has 0 amide bonds. The van der Waals surface area contributed by atoms with E-state index >= 15 is 0 Å². The Bertz CT molecular complexity index is 300. The molecule has 0 atom stereocenters. The molecule has 0 aromatic carbocycles. The highest BCUT2D eigenvalue weighted by Gasteiger charge is 2.09. The van der Waals surface area contributed by atoms with Crippen LogP contribution in [0.2, 0.25) is 5.02 Å². The van der Waals surface area contributed by atoms with Crippen LogP contribution in [-0.2, 0) is 0 Å². The van der Waals surface area contributed by atoms with Gasteiger partial charge in [-0.1, -0.05) is 11.6 Å². The molecule has 1 heterocycles. The van der Waals surface area contributed by atoms with E-state index < -0.39 is 5.82 Å². The van der Waals surface area contributed by atoms with Crippen molar-refractivity contribution < 1.29 is 9.18 Å². The lowest BCUT2D eigenvalue weighted by atomic mass is 10.2. The fraction of sp³-hybridized carbons (Fsp3) is 0.143. The minimum atomic E-state index is -0.700. The lowest BCUT2D eigenvalue weighted by Gasteiger charge is -1.97. The van der Waals surface area contributed by atoms with Crippen molar-refractivity contribution in [3.8, 4) is 0 Å². The van der Waals surface area contributed by atoms with E-state index in [4.69, 9.17) is 11.6 Å². The predicted molar refractivity (Wildman–Crippen MR) is 39.2 cm³/mol. The zero-order chi connectivity index (χ0) is 8.43. The van der Waals surface area contributed by atoms with E-state index in [1.54, 1.807) is 0 Å². The lowest BCUT2D eigenvalue weighted by molar-refractivity contribution is 0.101. The number of carbonyl (C=O) groups is 1. The summed E-state index contributed by atoms with van der Waals surface area (Å²) in [5.41, 5.74) is -0.0718. The Kier molecular flexibility index (Phi) is 2.19. The first-order chi connectivity index (χ1) is 5.13. The van der Waals surface area contributed by atoms with E-state index in [0.29, 0.717) is 0 Å². The molecule has 2 nitrogen and oxygen atoms in total. The van der Waals surface area contributed by atoms with Crippen molar-refractivity contribution in [3.63, 3.8) is 0 Å². The Morgan fingerprint density at radius 1 is 1.64 bits per heavy atom. The highest BCUT2D eigenvalue weighted by Crippen LogP contribution is 2.15.